The highest BCUT2D eigenvalue weighted by Crippen LogP contribution is 2.35. The first-order valence-electron chi connectivity index (χ1n) is 15.6. The molecule has 47 heavy (non-hydrogen) atoms. The van der Waals surface area contributed by atoms with Crippen molar-refractivity contribution in [3.63, 3.8) is 0 Å². The second-order valence-electron chi connectivity index (χ2n) is 12.4. The normalized spacial score (nSPS) is 13.5. The van der Waals surface area contributed by atoms with Crippen LogP contribution in [-0.2, 0) is 16.0 Å². The van der Waals surface area contributed by atoms with Gasteiger partial charge in [0.25, 0.3) is 0 Å². The van der Waals surface area contributed by atoms with Gasteiger partial charge in [0.1, 0.15) is 22.8 Å². The number of hydrogen-bond acceptors (Lipinski definition) is 8. The Hall–Kier alpha value is -4.44. The molecular formula is C36H44ClN3O7. The molecule has 0 aromatic heterocycles. The highest BCUT2D eigenvalue weighted by atomic mass is 35.5. The minimum atomic E-state index is -0.534. The van der Waals surface area contributed by atoms with Crippen molar-refractivity contribution in [3.05, 3.63) is 81.9 Å². The lowest BCUT2D eigenvalue weighted by Crippen LogP contribution is -2.44. The maximum absolute atomic E-state index is 13.7. The van der Waals surface area contributed by atoms with E-state index in [2.05, 4.69) is 10.6 Å². The van der Waals surface area contributed by atoms with Crippen LogP contribution in [0.1, 0.15) is 60.7 Å². The van der Waals surface area contributed by atoms with Crippen LogP contribution in [0.5, 0.6) is 17.2 Å². The number of likely N-dealkylation sites (tertiary alicyclic amines) is 1. The Morgan fingerprint density at radius 3 is 2.17 bits per heavy atom. The molecule has 3 aromatic carbocycles. The summed E-state index contributed by atoms with van der Waals surface area (Å²) >= 11 is 6.98. The number of methoxy groups -OCH3 is 3. The lowest BCUT2D eigenvalue weighted by Gasteiger charge is -2.33. The zero-order valence-corrected chi connectivity index (χ0v) is 28.7. The minimum Gasteiger partial charge on any atom is -0.497 e. The van der Waals surface area contributed by atoms with Crippen molar-refractivity contribution in [1.82, 2.24) is 10.2 Å². The Labute approximate surface area is 281 Å². The number of piperidine rings is 1. The van der Waals surface area contributed by atoms with Crippen molar-refractivity contribution in [2.24, 2.45) is 5.92 Å². The Balaban J connectivity index is 1.45. The van der Waals surface area contributed by atoms with Gasteiger partial charge in [-0.05, 0) is 93.1 Å². The van der Waals surface area contributed by atoms with Crippen LogP contribution < -0.4 is 24.8 Å². The zero-order chi connectivity index (χ0) is 34.1. The molecule has 0 atom stereocenters. The number of ether oxygens (including phenoxy) is 4. The van der Waals surface area contributed by atoms with Crippen LogP contribution in [0.2, 0.25) is 5.02 Å². The number of ketones is 1. The topological polar surface area (TPSA) is 115 Å². The molecule has 2 N–H and O–H groups in total. The summed E-state index contributed by atoms with van der Waals surface area (Å²) in [5.74, 6) is 1.76. The van der Waals surface area contributed by atoms with E-state index in [1.165, 1.54) is 0 Å². The molecule has 0 aliphatic carbocycles. The number of anilines is 1. The number of carbonyl (C=O) groups is 3. The number of rotatable bonds is 12. The van der Waals surface area contributed by atoms with E-state index in [-0.39, 0.29) is 30.2 Å². The summed E-state index contributed by atoms with van der Waals surface area (Å²) in [6.45, 7) is 7.23. The van der Waals surface area contributed by atoms with Crippen LogP contribution in [0.4, 0.5) is 10.5 Å². The van der Waals surface area contributed by atoms with Gasteiger partial charge in [0.05, 0.1) is 38.6 Å². The average molecular weight is 666 g/mol. The molecule has 2 amide bonds. The summed E-state index contributed by atoms with van der Waals surface area (Å²) < 4.78 is 21.7. The Bertz CT molecular complexity index is 1560. The van der Waals surface area contributed by atoms with E-state index < -0.39 is 5.60 Å². The second kappa shape index (κ2) is 15.9. The number of nitrogens with one attached hydrogen (secondary N) is 2. The van der Waals surface area contributed by atoms with Crippen LogP contribution in [0.25, 0.3) is 0 Å². The number of hydrogen-bond donors (Lipinski definition) is 2. The van der Waals surface area contributed by atoms with Crippen molar-refractivity contribution in [3.8, 4) is 17.2 Å². The molecule has 1 heterocycles. The number of carbonyl (C=O) groups excluding carboxylic acids is 3. The van der Waals surface area contributed by atoms with Crippen LogP contribution >= 0.6 is 11.6 Å². The highest BCUT2D eigenvalue weighted by Gasteiger charge is 2.27. The SMILES string of the molecule is COc1ccc(C(=O)c2ccc(NCC(=O)NCC3CCN(C(=O)OC(C)(C)C)CC3)c(Cl)c2Cc2ccc(OC)cc2OC)cc1. The lowest BCUT2D eigenvalue weighted by molar-refractivity contribution is -0.119. The van der Waals surface area contributed by atoms with Gasteiger partial charge in [-0.25, -0.2) is 4.79 Å². The van der Waals surface area contributed by atoms with Gasteiger partial charge in [-0.3, -0.25) is 9.59 Å². The molecule has 4 rings (SSSR count). The van der Waals surface area contributed by atoms with Gasteiger partial charge in [0.15, 0.2) is 5.78 Å². The number of halogens is 1. The maximum Gasteiger partial charge on any atom is 0.410 e. The summed E-state index contributed by atoms with van der Waals surface area (Å²) in [4.78, 5) is 40.6. The van der Waals surface area contributed by atoms with Crippen molar-refractivity contribution in [1.29, 1.82) is 0 Å². The summed E-state index contributed by atoms with van der Waals surface area (Å²) in [6, 6.07) is 15.8. The van der Waals surface area contributed by atoms with Crippen LogP contribution in [-0.4, -0.2) is 75.8 Å². The number of amides is 2. The highest BCUT2D eigenvalue weighted by molar-refractivity contribution is 6.35. The van der Waals surface area contributed by atoms with Gasteiger partial charge < -0.3 is 34.5 Å². The summed E-state index contributed by atoms with van der Waals surface area (Å²) in [5, 5.41) is 6.48. The predicted octanol–water partition coefficient (Wildman–Crippen LogP) is 6.36. The molecule has 10 nitrogen and oxygen atoms in total. The van der Waals surface area contributed by atoms with E-state index in [0.29, 0.717) is 70.7 Å². The fraction of sp³-hybridized carbons (Fsp3) is 0.417. The lowest BCUT2D eigenvalue weighted by atomic mass is 9.93. The van der Waals surface area contributed by atoms with Gasteiger partial charge in [-0.1, -0.05) is 17.7 Å². The molecular weight excluding hydrogens is 622 g/mol. The summed E-state index contributed by atoms with van der Waals surface area (Å²) in [6.07, 6.45) is 1.55. The van der Waals surface area contributed by atoms with Gasteiger partial charge >= 0.3 is 6.09 Å². The van der Waals surface area contributed by atoms with Crippen molar-refractivity contribution < 1.29 is 33.3 Å². The average Bonchev–Trinajstić information content (AvgIpc) is 3.06. The van der Waals surface area contributed by atoms with Gasteiger partial charge in [0.2, 0.25) is 5.91 Å². The molecule has 1 aliphatic rings. The molecule has 11 heteroatoms. The Kier molecular flexibility index (Phi) is 12.0. The molecule has 252 valence electrons. The van der Waals surface area contributed by atoms with E-state index >= 15 is 0 Å². The van der Waals surface area contributed by atoms with E-state index in [4.69, 9.17) is 30.5 Å². The standard InChI is InChI=1S/C36H44ClN3O7/c1-36(2,3)47-35(43)40-17-15-23(16-18-40)21-39-32(41)22-38-30-14-13-28(34(42)24-7-10-26(44-4)11-8-24)29(33(30)37)19-25-9-12-27(45-5)20-31(25)46-6/h7-14,20,23,38H,15-19,21-22H2,1-6H3,(H,39,41). The van der Waals surface area contributed by atoms with Gasteiger partial charge in [-0.2, -0.15) is 0 Å². The third kappa shape index (κ3) is 9.54. The van der Waals surface area contributed by atoms with E-state index in [0.717, 1.165) is 18.4 Å². The zero-order valence-electron chi connectivity index (χ0n) is 27.9. The molecule has 3 aromatic rings. The molecule has 0 spiro atoms. The van der Waals surface area contributed by atoms with Crippen molar-refractivity contribution >= 4 is 35.1 Å². The van der Waals surface area contributed by atoms with Crippen molar-refractivity contribution in [2.45, 2.75) is 45.6 Å². The summed E-state index contributed by atoms with van der Waals surface area (Å²) in [7, 11) is 4.72. The summed E-state index contributed by atoms with van der Waals surface area (Å²) in [5.41, 5.74) is 2.33. The Morgan fingerprint density at radius 1 is 0.894 bits per heavy atom. The quantitative estimate of drug-likeness (QED) is 0.215. The molecule has 0 saturated carbocycles. The third-order valence-corrected chi connectivity index (χ3v) is 8.43. The van der Waals surface area contributed by atoms with Crippen LogP contribution in [0.15, 0.2) is 54.6 Å². The fourth-order valence-corrected chi connectivity index (χ4v) is 5.67. The van der Waals surface area contributed by atoms with Gasteiger partial charge in [-0.15, -0.1) is 0 Å². The van der Waals surface area contributed by atoms with Crippen molar-refractivity contribution in [2.75, 3.05) is 52.8 Å². The molecule has 1 saturated heterocycles. The van der Waals surface area contributed by atoms with E-state index in [1.54, 1.807) is 68.7 Å². The van der Waals surface area contributed by atoms with Gasteiger partial charge in [0, 0.05) is 43.2 Å². The molecule has 0 radical (unpaired) electrons. The second-order valence-corrected chi connectivity index (χ2v) is 12.8. The molecule has 0 unspecified atom stereocenters. The maximum atomic E-state index is 13.7. The van der Waals surface area contributed by atoms with E-state index in [9.17, 15) is 14.4 Å². The third-order valence-electron chi connectivity index (χ3n) is 8.00. The van der Waals surface area contributed by atoms with E-state index in [1.807, 2.05) is 32.9 Å². The number of benzene rings is 3. The largest absolute Gasteiger partial charge is 0.497 e. The minimum absolute atomic E-state index is 0.00641. The van der Waals surface area contributed by atoms with Crippen LogP contribution in [0.3, 0.4) is 0 Å². The first kappa shape index (κ1) is 35.4. The molecule has 0 bridgehead atoms. The smallest absolute Gasteiger partial charge is 0.410 e. The first-order valence-corrected chi connectivity index (χ1v) is 16.0. The predicted molar refractivity (Wildman–Crippen MR) is 182 cm³/mol. The fourth-order valence-electron chi connectivity index (χ4n) is 5.37. The Morgan fingerprint density at radius 2 is 1.55 bits per heavy atom. The first-order chi connectivity index (χ1) is 22.4. The monoisotopic (exact) mass is 665 g/mol. The molecule has 1 fully saturated rings. The number of nitrogens with zero attached hydrogens (tertiary/aromatic N) is 1. The van der Waals surface area contributed by atoms with Crippen LogP contribution in [0, 0.1) is 5.92 Å². The molecule has 1 aliphatic heterocycles.